The van der Waals surface area contributed by atoms with Crippen LogP contribution in [0, 0.1) is 0 Å². The van der Waals surface area contributed by atoms with Crippen molar-refractivity contribution in [3.8, 4) is 0 Å². The minimum atomic E-state index is -0.919. The van der Waals surface area contributed by atoms with Crippen molar-refractivity contribution in [2.45, 2.75) is 64.4 Å². The molecule has 0 saturated carbocycles. The monoisotopic (exact) mass is 390 g/mol. The van der Waals surface area contributed by atoms with Crippen molar-refractivity contribution in [2.75, 3.05) is 24.5 Å². The Kier molecular flexibility index (Phi) is 6.13. The smallest absolute Gasteiger partial charge is 0.410 e. The molecule has 1 atom stereocenters. The largest absolute Gasteiger partial charge is 0.478 e. The number of carbonyl (C=O) groups excluding carboxylic acids is 1. The first-order valence-corrected chi connectivity index (χ1v) is 9.96. The van der Waals surface area contributed by atoms with E-state index in [1.807, 2.05) is 32.9 Å². The number of amides is 1. The maximum atomic E-state index is 12.2. The third-order valence-corrected chi connectivity index (χ3v) is 5.09. The maximum absolute atomic E-state index is 12.2. The predicted molar refractivity (Wildman–Crippen MR) is 106 cm³/mol. The van der Waals surface area contributed by atoms with Gasteiger partial charge in [-0.05, 0) is 70.7 Å². The van der Waals surface area contributed by atoms with Crippen LogP contribution in [0.4, 0.5) is 10.5 Å². The Hall–Kier alpha value is -2.28. The number of anilines is 1. The zero-order valence-corrected chi connectivity index (χ0v) is 16.9. The molecule has 2 aliphatic rings. The molecule has 28 heavy (non-hydrogen) atoms. The number of hydrogen-bond acceptors (Lipinski definition) is 5. The SMILES string of the molecule is CC(C)(C)OC(=O)N1CCC(OC2CCCN2c2ccc(C(=O)O)cc2)CC1. The quantitative estimate of drug-likeness (QED) is 0.844. The predicted octanol–water partition coefficient (Wildman–Crippen LogP) is 3.73. The number of likely N-dealkylation sites (tertiary alicyclic amines) is 1. The molecule has 1 N–H and O–H groups in total. The minimum Gasteiger partial charge on any atom is -0.478 e. The van der Waals surface area contributed by atoms with Crippen molar-refractivity contribution in [3.63, 3.8) is 0 Å². The third-order valence-electron chi connectivity index (χ3n) is 5.09. The number of rotatable bonds is 4. The van der Waals surface area contributed by atoms with Gasteiger partial charge in [-0.1, -0.05) is 0 Å². The van der Waals surface area contributed by atoms with Crippen molar-refractivity contribution in [2.24, 2.45) is 0 Å². The summed E-state index contributed by atoms with van der Waals surface area (Å²) < 4.78 is 11.8. The summed E-state index contributed by atoms with van der Waals surface area (Å²) in [5.74, 6) is -0.919. The van der Waals surface area contributed by atoms with Crippen LogP contribution in [-0.4, -0.2) is 59.6 Å². The van der Waals surface area contributed by atoms with E-state index in [-0.39, 0.29) is 24.0 Å². The average molecular weight is 390 g/mol. The molecule has 7 nitrogen and oxygen atoms in total. The van der Waals surface area contributed by atoms with Crippen LogP contribution in [0.1, 0.15) is 56.8 Å². The lowest BCUT2D eigenvalue weighted by atomic mass is 10.1. The summed E-state index contributed by atoms with van der Waals surface area (Å²) in [6.45, 7) is 7.79. The molecular formula is C21H30N2O5. The highest BCUT2D eigenvalue weighted by Crippen LogP contribution is 2.29. The first-order valence-electron chi connectivity index (χ1n) is 9.96. The molecule has 0 spiro atoms. The van der Waals surface area contributed by atoms with E-state index in [1.165, 1.54) is 0 Å². The molecule has 0 aromatic heterocycles. The van der Waals surface area contributed by atoms with Gasteiger partial charge in [-0.15, -0.1) is 0 Å². The van der Waals surface area contributed by atoms with E-state index in [2.05, 4.69) is 4.90 Å². The number of ether oxygens (including phenoxy) is 2. The van der Waals surface area contributed by atoms with Gasteiger partial charge in [0.15, 0.2) is 0 Å². The molecule has 154 valence electrons. The topological polar surface area (TPSA) is 79.3 Å². The maximum Gasteiger partial charge on any atom is 0.410 e. The van der Waals surface area contributed by atoms with E-state index >= 15 is 0 Å². The fraction of sp³-hybridized carbons (Fsp3) is 0.619. The molecule has 2 saturated heterocycles. The lowest BCUT2D eigenvalue weighted by Crippen LogP contribution is -2.45. The van der Waals surface area contributed by atoms with Gasteiger partial charge in [0.25, 0.3) is 0 Å². The first-order chi connectivity index (χ1) is 13.2. The van der Waals surface area contributed by atoms with E-state index < -0.39 is 11.6 Å². The Morgan fingerprint density at radius 1 is 1.04 bits per heavy atom. The molecule has 0 radical (unpaired) electrons. The lowest BCUT2D eigenvalue weighted by molar-refractivity contribution is -0.0421. The van der Waals surface area contributed by atoms with Gasteiger partial charge in [0.2, 0.25) is 0 Å². The number of aromatic carboxylic acids is 1. The van der Waals surface area contributed by atoms with Gasteiger partial charge in [0.05, 0.1) is 11.7 Å². The Balaban J connectivity index is 1.53. The summed E-state index contributed by atoms with van der Waals surface area (Å²) in [5.41, 5.74) is 0.791. The molecule has 1 unspecified atom stereocenters. The zero-order chi connectivity index (χ0) is 20.3. The number of carboxylic acids is 1. The number of nitrogens with zero attached hydrogens (tertiary/aromatic N) is 2. The van der Waals surface area contributed by atoms with Crippen LogP contribution in [0.15, 0.2) is 24.3 Å². The summed E-state index contributed by atoms with van der Waals surface area (Å²) in [4.78, 5) is 27.2. The lowest BCUT2D eigenvalue weighted by Gasteiger charge is -2.36. The van der Waals surface area contributed by atoms with Crippen molar-refractivity contribution in [3.05, 3.63) is 29.8 Å². The molecule has 7 heteroatoms. The molecule has 1 aromatic carbocycles. The van der Waals surface area contributed by atoms with Crippen LogP contribution in [-0.2, 0) is 9.47 Å². The molecule has 1 amide bonds. The summed E-state index contributed by atoms with van der Waals surface area (Å²) in [5, 5.41) is 9.06. The molecule has 3 rings (SSSR count). The molecular weight excluding hydrogens is 360 g/mol. The molecule has 2 fully saturated rings. The standard InChI is InChI=1S/C21H30N2O5/c1-21(2,3)28-20(26)22-13-10-17(11-14-22)27-18-5-4-12-23(18)16-8-6-15(7-9-16)19(24)25/h6-9,17-18H,4-5,10-14H2,1-3H3,(H,24,25). The number of piperidine rings is 1. The number of hydrogen-bond donors (Lipinski definition) is 1. The second-order valence-electron chi connectivity index (χ2n) is 8.45. The zero-order valence-electron chi connectivity index (χ0n) is 16.9. The fourth-order valence-corrected chi connectivity index (χ4v) is 3.69. The Morgan fingerprint density at radius 3 is 2.25 bits per heavy atom. The highest BCUT2D eigenvalue weighted by molar-refractivity contribution is 5.88. The van der Waals surface area contributed by atoms with Crippen LogP contribution >= 0.6 is 0 Å². The van der Waals surface area contributed by atoms with Crippen LogP contribution in [0.5, 0.6) is 0 Å². The normalized spacial score (nSPS) is 21.0. The second-order valence-corrected chi connectivity index (χ2v) is 8.45. The van der Waals surface area contributed by atoms with Crippen molar-refractivity contribution < 1.29 is 24.2 Å². The van der Waals surface area contributed by atoms with E-state index in [0.29, 0.717) is 13.1 Å². The van der Waals surface area contributed by atoms with Gasteiger partial charge in [-0.25, -0.2) is 9.59 Å². The molecule has 2 heterocycles. The molecule has 2 aliphatic heterocycles. The van der Waals surface area contributed by atoms with Crippen LogP contribution < -0.4 is 4.90 Å². The molecule has 1 aromatic rings. The van der Waals surface area contributed by atoms with Crippen molar-refractivity contribution >= 4 is 17.7 Å². The van der Waals surface area contributed by atoms with Gasteiger partial charge in [-0.3, -0.25) is 0 Å². The second kappa shape index (κ2) is 8.39. The van der Waals surface area contributed by atoms with Crippen LogP contribution in [0.2, 0.25) is 0 Å². The average Bonchev–Trinajstić information content (AvgIpc) is 3.09. The fourth-order valence-electron chi connectivity index (χ4n) is 3.69. The first kappa shape index (κ1) is 20.5. The highest BCUT2D eigenvalue weighted by Gasteiger charge is 2.32. The Labute approximate surface area is 166 Å². The van der Waals surface area contributed by atoms with Crippen molar-refractivity contribution in [1.29, 1.82) is 0 Å². The minimum absolute atomic E-state index is 0.00578. The third kappa shape index (κ3) is 5.16. The van der Waals surface area contributed by atoms with Gasteiger partial charge >= 0.3 is 12.1 Å². The number of carboxylic acid groups (broad SMARTS) is 1. The van der Waals surface area contributed by atoms with Crippen molar-refractivity contribution in [1.82, 2.24) is 4.90 Å². The Bertz CT molecular complexity index is 690. The van der Waals surface area contributed by atoms with E-state index in [0.717, 1.165) is 37.9 Å². The molecule has 0 bridgehead atoms. The van der Waals surface area contributed by atoms with Gasteiger partial charge in [-0.2, -0.15) is 0 Å². The number of benzene rings is 1. The summed E-state index contributed by atoms with van der Waals surface area (Å²) in [6.07, 6.45) is 3.43. The van der Waals surface area contributed by atoms with Gasteiger partial charge in [0, 0.05) is 25.3 Å². The van der Waals surface area contributed by atoms with Gasteiger partial charge < -0.3 is 24.4 Å². The summed E-state index contributed by atoms with van der Waals surface area (Å²) in [6, 6.07) is 6.95. The van der Waals surface area contributed by atoms with E-state index in [1.54, 1.807) is 17.0 Å². The number of carbonyl (C=O) groups is 2. The summed E-state index contributed by atoms with van der Waals surface area (Å²) >= 11 is 0. The van der Waals surface area contributed by atoms with E-state index in [4.69, 9.17) is 14.6 Å². The van der Waals surface area contributed by atoms with Crippen LogP contribution in [0.25, 0.3) is 0 Å². The van der Waals surface area contributed by atoms with Gasteiger partial charge in [0.1, 0.15) is 11.8 Å². The van der Waals surface area contributed by atoms with E-state index in [9.17, 15) is 9.59 Å². The molecule has 0 aliphatic carbocycles. The highest BCUT2D eigenvalue weighted by atomic mass is 16.6. The summed E-state index contributed by atoms with van der Waals surface area (Å²) in [7, 11) is 0. The Morgan fingerprint density at radius 2 is 1.68 bits per heavy atom. The van der Waals surface area contributed by atoms with Crippen LogP contribution in [0.3, 0.4) is 0 Å².